The van der Waals surface area contributed by atoms with Crippen LogP contribution in [0.15, 0.2) is 54.7 Å². The van der Waals surface area contributed by atoms with E-state index in [2.05, 4.69) is 5.10 Å². The van der Waals surface area contributed by atoms with Gasteiger partial charge in [0.2, 0.25) is 0 Å². The average Bonchev–Trinajstić information content (AvgIpc) is 2.91. The van der Waals surface area contributed by atoms with Crippen LogP contribution in [0.25, 0.3) is 10.9 Å². The second-order valence-corrected chi connectivity index (χ2v) is 4.83. The lowest BCUT2D eigenvalue weighted by Gasteiger charge is -2.10. The highest BCUT2D eigenvalue weighted by Gasteiger charge is 2.07. The average molecular weight is 280 g/mol. The van der Waals surface area contributed by atoms with E-state index in [-0.39, 0.29) is 5.78 Å². The van der Waals surface area contributed by atoms with Gasteiger partial charge in [-0.25, -0.2) is 0 Å². The summed E-state index contributed by atoms with van der Waals surface area (Å²) in [5.41, 5.74) is 1.70. The third-order valence-corrected chi connectivity index (χ3v) is 3.38. The summed E-state index contributed by atoms with van der Waals surface area (Å²) in [7, 11) is 0. The molecule has 1 heterocycles. The van der Waals surface area contributed by atoms with Crippen LogP contribution in [-0.2, 0) is 6.54 Å². The van der Waals surface area contributed by atoms with E-state index in [1.54, 1.807) is 13.0 Å². The number of ketones is 1. The van der Waals surface area contributed by atoms with Crippen LogP contribution in [0.1, 0.15) is 17.3 Å². The first kappa shape index (κ1) is 13.4. The van der Waals surface area contributed by atoms with Crippen molar-refractivity contribution in [1.29, 1.82) is 0 Å². The number of ether oxygens (including phenoxy) is 1. The van der Waals surface area contributed by atoms with Gasteiger partial charge in [-0.15, -0.1) is 0 Å². The monoisotopic (exact) mass is 280 g/mol. The number of Topliss-reactive ketones (excluding diaryl/α,β-unsaturated/α-hetero) is 1. The normalized spacial score (nSPS) is 10.7. The molecular formula is C17H16N2O2. The number of para-hydroxylation sites is 2. The van der Waals surface area contributed by atoms with E-state index in [0.717, 1.165) is 10.9 Å². The number of hydrogen-bond donors (Lipinski definition) is 0. The van der Waals surface area contributed by atoms with Crippen molar-refractivity contribution in [2.24, 2.45) is 0 Å². The molecule has 0 spiro atoms. The molecule has 0 aliphatic heterocycles. The summed E-state index contributed by atoms with van der Waals surface area (Å²) >= 11 is 0. The Hall–Kier alpha value is -2.62. The predicted octanol–water partition coefficient (Wildman–Crippen LogP) is 3.32. The van der Waals surface area contributed by atoms with Gasteiger partial charge in [-0.05, 0) is 25.1 Å². The first-order chi connectivity index (χ1) is 10.3. The Balaban J connectivity index is 1.71. The molecule has 1 aromatic heterocycles. The second kappa shape index (κ2) is 5.79. The van der Waals surface area contributed by atoms with E-state index in [0.29, 0.717) is 24.5 Å². The Labute approximate surface area is 123 Å². The zero-order valence-corrected chi connectivity index (χ0v) is 11.8. The molecule has 0 radical (unpaired) electrons. The van der Waals surface area contributed by atoms with E-state index in [9.17, 15) is 4.79 Å². The second-order valence-electron chi connectivity index (χ2n) is 4.83. The number of carbonyl (C=O) groups excluding carboxylic acids is 1. The minimum atomic E-state index is 0.00939. The minimum absolute atomic E-state index is 0.00939. The van der Waals surface area contributed by atoms with Crippen LogP contribution in [0.3, 0.4) is 0 Å². The molecule has 21 heavy (non-hydrogen) atoms. The fourth-order valence-corrected chi connectivity index (χ4v) is 2.33. The Morgan fingerprint density at radius 3 is 2.76 bits per heavy atom. The van der Waals surface area contributed by atoms with Gasteiger partial charge in [0, 0.05) is 5.39 Å². The van der Waals surface area contributed by atoms with Crippen LogP contribution in [0.4, 0.5) is 0 Å². The van der Waals surface area contributed by atoms with Crippen molar-refractivity contribution in [3.05, 3.63) is 60.3 Å². The lowest BCUT2D eigenvalue weighted by atomic mass is 10.1. The SMILES string of the molecule is CC(=O)c1ccccc1OCCn1ncc2ccccc21. The molecule has 3 aromatic rings. The number of nitrogens with zero attached hydrogens (tertiary/aromatic N) is 2. The van der Waals surface area contributed by atoms with E-state index in [4.69, 9.17) is 4.74 Å². The Kier molecular flexibility index (Phi) is 3.69. The zero-order chi connectivity index (χ0) is 14.7. The van der Waals surface area contributed by atoms with Crippen LogP contribution in [0, 0.1) is 0 Å². The van der Waals surface area contributed by atoms with Crippen LogP contribution in [0.2, 0.25) is 0 Å². The van der Waals surface area contributed by atoms with Crippen molar-refractivity contribution >= 4 is 16.7 Å². The van der Waals surface area contributed by atoms with Gasteiger partial charge in [-0.1, -0.05) is 30.3 Å². The van der Waals surface area contributed by atoms with Crippen LogP contribution < -0.4 is 4.74 Å². The minimum Gasteiger partial charge on any atom is -0.491 e. The molecule has 0 atom stereocenters. The number of fused-ring (bicyclic) bond motifs is 1. The van der Waals surface area contributed by atoms with Crippen molar-refractivity contribution in [2.45, 2.75) is 13.5 Å². The van der Waals surface area contributed by atoms with E-state index >= 15 is 0 Å². The van der Waals surface area contributed by atoms with Crippen molar-refractivity contribution in [2.75, 3.05) is 6.61 Å². The standard InChI is InChI=1S/C17H16N2O2/c1-13(20)15-7-3-5-9-17(15)21-11-10-19-16-8-4-2-6-14(16)12-18-19/h2-9,12H,10-11H2,1H3. The Morgan fingerprint density at radius 1 is 1.14 bits per heavy atom. The first-order valence-electron chi connectivity index (χ1n) is 6.89. The summed E-state index contributed by atoms with van der Waals surface area (Å²) in [4.78, 5) is 11.5. The van der Waals surface area contributed by atoms with Gasteiger partial charge in [-0.2, -0.15) is 5.10 Å². The van der Waals surface area contributed by atoms with E-state index in [1.807, 2.05) is 53.3 Å². The molecule has 2 aromatic carbocycles. The van der Waals surface area contributed by atoms with Gasteiger partial charge in [-0.3, -0.25) is 9.48 Å². The highest BCUT2D eigenvalue weighted by atomic mass is 16.5. The maximum Gasteiger partial charge on any atom is 0.163 e. The van der Waals surface area contributed by atoms with Crippen molar-refractivity contribution in [3.63, 3.8) is 0 Å². The Morgan fingerprint density at radius 2 is 1.90 bits per heavy atom. The number of carbonyl (C=O) groups is 1. The molecule has 106 valence electrons. The van der Waals surface area contributed by atoms with Gasteiger partial charge in [0.1, 0.15) is 12.4 Å². The quantitative estimate of drug-likeness (QED) is 0.673. The van der Waals surface area contributed by atoms with Crippen molar-refractivity contribution in [1.82, 2.24) is 9.78 Å². The van der Waals surface area contributed by atoms with Crippen LogP contribution in [0.5, 0.6) is 5.75 Å². The van der Waals surface area contributed by atoms with Crippen molar-refractivity contribution < 1.29 is 9.53 Å². The zero-order valence-electron chi connectivity index (χ0n) is 11.8. The molecule has 0 saturated heterocycles. The molecule has 4 heteroatoms. The fourth-order valence-electron chi connectivity index (χ4n) is 2.33. The molecule has 0 unspecified atom stereocenters. The molecule has 0 saturated carbocycles. The number of benzene rings is 2. The van der Waals surface area contributed by atoms with Crippen molar-refractivity contribution in [3.8, 4) is 5.75 Å². The molecule has 0 N–H and O–H groups in total. The molecule has 0 aliphatic rings. The summed E-state index contributed by atoms with van der Waals surface area (Å²) in [5.74, 6) is 0.636. The topological polar surface area (TPSA) is 44.1 Å². The molecule has 0 fully saturated rings. The largest absolute Gasteiger partial charge is 0.491 e. The molecular weight excluding hydrogens is 264 g/mol. The van der Waals surface area contributed by atoms with Gasteiger partial charge in [0.15, 0.2) is 5.78 Å². The Bertz CT molecular complexity index is 777. The number of aromatic nitrogens is 2. The van der Waals surface area contributed by atoms with E-state index in [1.165, 1.54) is 0 Å². The smallest absolute Gasteiger partial charge is 0.163 e. The maximum atomic E-state index is 11.5. The molecule has 4 nitrogen and oxygen atoms in total. The number of rotatable bonds is 5. The van der Waals surface area contributed by atoms with Gasteiger partial charge in [0.25, 0.3) is 0 Å². The van der Waals surface area contributed by atoms with Gasteiger partial charge in [0.05, 0.1) is 23.8 Å². The summed E-state index contributed by atoms with van der Waals surface area (Å²) < 4.78 is 7.65. The molecule has 0 aliphatic carbocycles. The first-order valence-corrected chi connectivity index (χ1v) is 6.89. The summed E-state index contributed by atoms with van der Waals surface area (Å²) in [5, 5.41) is 5.47. The third-order valence-electron chi connectivity index (χ3n) is 3.38. The highest BCUT2D eigenvalue weighted by molar-refractivity contribution is 5.96. The lowest BCUT2D eigenvalue weighted by Crippen LogP contribution is -2.10. The third kappa shape index (κ3) is 2.79. The van der Waals surface area contributed by atoms with Gasteiger partial charge >= 0.3 is 0 Å². The number of hydrogen-bond acceptors (Lipinski definition) is 3. The maximum absolute atomic E-state index is 11.5. The highest BCUT2D eigenvalue weighted by Crippen LogP contribution is 2.18. The van der Waals surface area contributed by atoms with Gasteiger partial charge < -0.3 is 4.74 Å². The molecule has 0 bridgehead atoms. The molecule has 0 amide bonds. The summed E-state index contributed by atoms with van der Waals surface area (Å²) in [6.07, 6.45) is 1.85. The van der Waals surface area contributed by atoms with Crippen LogP contribution in [-0.4, -0.2) is 22.2 Å². The summed E-state index contributed by atoms with van der Waals surface area (Å²) in [6.45, 7) is 2.65. The van der Waals surface area contributed by atoms with Crippen LogP contribution >= 0.6 is 0 Å². The van der Waals surface area contributed by atoms with E-state index < -0.39 is 0 Å². The lowest BCUT2D eigenvalue weighted by molar-refractivity contribution is 0.101. The predicted molar refractivity (Wildman–Crippen MR) is 81.7 cm³/mol. The molecule has 3 rings (SSSR count). The fraction of sp³-hybridized carbons (Fsp3) is 0.176. The summed E-state index contributed by atoms with van der Waals surface area (Å²) in [6, 6.07) is 15.4.